The normalized spacial score (nSPS) is 25.2. The van der Waals surface area contributed by atoms with Gasteiger partial charge in [-0.25, -0.2) is 4.39 Å². The minimum Gasteiger partial charge on any atom is -0.387 e. The molecule has 0 amide bonds. The maximum atomic E-state index is 12.9. The zero-order valence-corrected chi connectivity index (χ0v) is 11.8. The summed E-state index contributed by atoms with van der Waals surface area (Å²) < 4.78 is 18.5. The molecule has 19 heavy (non-hydrogen) atoms. The molecule has 1 N–H and O–H groups in total. The number of nitrogens with zero attached hydrogens (tertiary/aromatic N) is 1. The van der Waals surface area contributed by atoms with E-state index in [2.05, 4.69) is 18.7 Å². The van der Waals surface area contributed by atoms with Gasteiger partial charge < -0.3 is 9.84 Å². The van der Waals surface area contributed by atoms with Gasteiger partial charge in [-0.3, -0.25) is 4.90 Å². The fraction of sp³-hybridized carbons (Fsp3) is 0.600. The first kappa shape index (κ1) is 14.4. The number of rotatable bonds is 3. The van der Waals surface area contributed by atoms with E-state index >= 15 is 0 Å². The highest BCUT2D eigenvalue weighted by atomic mass is 19.1. The Bertz CT molecular complexity index is 419. The molecular weight excluding hydrogens is 245 g/mol. The van der Waals surface area contributed by atoms with Crippen molar-refractivity contribution >= 4 is 0 Å². The summed E-state index contributed by atoms with van der Waals surface area (Å²) in [6, 6.07) is 6.03. The van der Waals surface area contributed by atoms with Crippen LogP contribution < -0.4 is 0 Å². The van der Waals surface area contributed by atoms with Crippen LogP contribution in [0, 0.1) is 5.82 Å². The van der Waals surface area contributed by atoms with E-state index in [-0.39, 0.29) is 17.5 Å². The molecule has 1 heterocycles. The second-order valence-corrected chi connectivity index (χ2v) is 5.91. The van der Waals surface area contributed by atoms with E-state index in [0.29, 0.717) is 13.2 Å². The first-order chi connectivity index (χ1) is 8.88. The average Bonchev–Trinajstić information content (AvgIpc) is 2.35. The van der Waals surface area contributed by atoms with E-state index in [0.717, 1.165) is 12.1 Å². The molecule has 4 heteroatoms. The predicted molar refractivity (Wildman–Crippen MR) is 72.4 cm³/mol. The van der Waals surface area contributed by atoms with Crippen LogP contribution in [0.4, 0.5) is 4.39 Å². The number of aliphatic hydroxyl groups is 1. The molecule has 2 rings (SSSR count). The molecule has 0 bridgehead atoms. The van der Waals surface area contributed by atoms with Crippen molar-refractivity contribution in [3.63, 3.8) is 0 Å². The SMILES string of the molecule is CC1CN(CC(O)c2ccc(F)cc2)C(C)(C)CO1. The number of hydrogen-bond donors (Lipinski definition) is 1. The highest BCUT2D eigenvalue weighted by Gasteiger charge is 2.34. The molecule has 1 aromatic carbocycles. The molecule has 1 aromatic rings. The highest BCUT2D eigenvalue weighted by molar-refractivity contribution is 5.19. The van der Waals surface area contributed by atoms with Crippen molar-refractivity contribution < 1.29 is 14.2 Å². The van der Waals surface area contributed by atoms with Gasteiger partial charge in [-0.1, -0.05) is 12.1 Å². The Morgan fingerprint density at radius 3 is 2.68 bits per heavy atom. The molecule has 0 saturated carbocycles. The van der Waals surface area contributed by atoms with Gasteiger partial charge in [0, 0.05) is 18.6 Å². The summed E-state index contributed by atoms with van der Waals surface area (Å²) in [5.41, 5.74) is 0.657. The minimum absolute atomic E-state index is 0.0898. The lowest BCUT2D eigenvalue weighted by Crippen LogP contribution is -2.56. The zero-order chi connectivity index (χ0) is 14.0. The lowest BCUT2D eigenvalue weighted by atomic mass is 9.99. The summed E-state index contributed by atoms with van der Waals surface area (Å²) >= 11 is 0. The third kappa shape index (κ3) is 3.53. The second-order valence-electron chi connectivity index (χ2n) is 5.91. The fourth-order valence-corrected chi connectivity index (χ4v) is 2.37. The van der Waals surface area contributed by atoms with E-state index in [1.165, 1.54) is 12.1 Å². The van der Waals surface area contributed by atoms with Crippen molar-refractivity contribution in [1.29, 1.82) is 0 Å². The van der Waals surface area contributed by atoms with E-state index in [9.17, 15) is 9.50 Å². The second kappa shape index (κ2) is 5.57. The highest BCUT2D eigenvalue weighted by Crippen LogP contribution is 2.25. The van der Waals surface area contributed by atoms with Crippen LogP contribution in [0.3, 0.4) is 0 Å². The summed E-state index contributed by atoms with van der Waals surface area (Å²) in [7, 11) is 0. The molecule has 1 saturated heterocycles. The van der Waals surface area contributed by atoms with Gasteiger partial charge in [0.15, 0.2) is 0 Å². The summed E-state index contributed by atoms with van der Waals surface area (Å²) in [6.07, 6.45) is -0.432. The van der Waals surface area contributed by atoms with Crippen molar-refractivity contribution in [2.24, 2.45) is 0 Å². The molecule has 0 spiro atoms. The number of hydrogen-bond acceptors (Lipinski definition) is 3. The van der Waals surface area contributed by atoms with Crippen LogP contribution in [0.2, 0.25) is 0 Å². The fourth-order valence-electron chi connectivity index (χ4n) is 2.37. The molecule has 106 valence electrons. The Hall–Kier alpha value is -0.970. The van der Waals surface area contributed by atoms with Gasteiger partial charge in [0.05, 0.1) is 18.8 Å². The van der Waals surface area contributed by atoms with Gasteiger partial charge in [0.1, 0.15) is 5.82 Å². The molecule has 1 aliphatic rings. The van der Waals surface area contributed by atoms with Crippen LogP contribution in [0.15, 0.2) is 24.3 Å². The van der Waals surface area contributed by atoms with Gasteiger partial charge >= 0.3 is 0 Å². The summed E-state index contributed by atoms with van der Waals surface area (Å²) in [6.45, 7) is 8.24. The van der Waals surface area contributed by atoms with Crippen molar-refractivity contribution in [3.05, 3.63) is 35.6 Å². The number of morpholine rings is 1. The third-order valence-corrected chi connectivity index (χ3v) is 3.70. The molecule has 1 aliphatic heterocycles. The molecule has 0 radical (unpaired) electrons. The molecular formula is C15H22FNO2. The number of β-amino-alcohol motifs (C(OH)–C–C–N with tert-alkyl or cyclic N) is 1. The maximum Gasteiger partial charge on any atom is 0.123 e. The van der Waals surface area contributed by atoms with Gasteiger partial charge in [-0.2, -0.15) is 0 Å². The van der Waals surface area contributed by atoms with Crippen LogP contribution in [-0.4, -0.2) is 41.3 Å². The quantitative estimate of drug-likeness (QED) is 0.912. The van der Waals surface area contributed by atoms with E-state index in [1.807, 2.05) is 6.92 Å². The monoisotopic (exact) mass is 267 g/mol. The Kier molecular flexibility index (Phi) is 4.23. The van der Waals surface area contributed by atoms with Crippen molar-refractivity contribution in [2.45, 2.75) is 38.5 Å². The predicted octanol–water partition coefficient (Wildman–Crippen LogP) is 2.36. The van der Waals surface area contributed by atoms with Crippen molar-refractivity contribution in [2.75, 3.05) is 19.7 Å². The van der Waals surface area contributed by atoms with Gasteiger partial charge in [0.2, 0.25) is 0 Å². The van der Waals surface area contributed by atoms with Gasteiger partial charge in [-0.15, -0.1) is 0 Å². The Balaban J connectivity index is 2.04. The largest absolute Gasteiger partial charge is 0.387 e. The summed E-state index contributed by atoms with van der Waals surface area (Å²) in [5.74, 6) is -0.281. The topological polar surface area (TPSA) is 32.7 Å². The average molecular weight is 267 g/mol. The zero-order valence-electron chi connectivity index (χ0n) is 11.8. The molecule has 3 nitrogen and oxygen atoms in total. The smallest absolute Gasteiger partial charge is 0.123 e. The lowest BCUT2D eigenvalue weighted by Gasteiger charge is -2.45. The number of ether oxygens (including phenoxy) is 1. The van der Waals surface area contributed by atoms with Crippen LogP contribution in [-0.2, 0) is 4.74 Å². The Labute approximate surface area is 114 Å². The molecule has 1 fully saturated rings. The van der Waals surface area contributed by atoms with Crippen molar-refractivity contribution in [1.82, 2.24) is 4.90 Å². The van der Waals surface area contributed by atoms with Crippen LogP contribution in [0.5, 0.6) is 0 Å². The lowest BCUT2D eigenvalue weighted by molar-refractivity contribution is -0.102. The minimum atomic E-state index is -0.606. The van der Waals surface area contributed by atoms with E-state index < -0.39 is 6.10 Å². The maximum absolute atomic E-state index is 12.9. The number of aliphatic hydroxyl groups excluding tert-OH is 1. The summed E-state index contributed by atoms with van der Waals surface area (Å²) in [5, 5.41) is 10.3. The third-order valence-electron chi connectivity index (χ3n) is 3.70. The van der Waals surface area contributed by atoms with Crippen LogP contribution in [0.1, 0.15) is 32.4 Å². The first-order valence-electron chi connectivity index (χ1n) is 6.69. The van der Waals surface area contributed by atoms with Crippen molar-refractivity contribution in [3.8, 4) is 0 Å². The van der Waals surface area contributed by atoms with E-state index in [4.69, 9.17) is 4.74 Å². The Morgan fingerprint density at radius 2 is 2.05 bits per heavy atom. The molecule has 0 aromatic heterocycles. The standard InChI is InChI=1S/C15H22FNO2/c1-11-8-17(15(2,3)10-19-11)9-14(18)12-4-6-13(16)7-5-12/h4-7,11,14,18H,8-10H2,1-3H3. The van der Waals surface area contributed by atoms with Crippen LogP contribution >= 0.6 is 0 Å². The summed E-state index contributed by atoms with van der Waals surface area (Å²) in [4.78, 5) is 2.23. The number of benzene rings is 1. The van der Waals surface area contributed by atoms with Crippen LogP contribution in [0.25, 0.3) is 0 Å². The van der Waals surface area contributed by atoms with Gasteiger partial charge in [0.25, 0.3) is 0 Å². The molecule has 2 atom stereocenters. The molecule has 2 unspecified atom stereocenters. The number of halogens is 1. The Morgan fingerprint density at radius 1 is 1.42 bits per heavy atom. The van der Waals surface area contributed by atoms with Gasteiger partial charge in [-0.05, 0) is 38.5 Å². The molecule has 0 aliphatic carbocycles. The van der Waals surface area contributed by atoms with E-state index in [1.54, 1.807) is 12.1 Å². The first-order valence-corrected chi connectivity index (χ1v) is 6.69.